The van der Waals surface area contributed by atoms with Crippen molar-refractivity contribution >= 4 is 35.0 Å². The fourth-order valence-electron chi connectivity index (χ4n) is 2.12. The van der Waals surface area contributed by atoms with Gasteiger partial charge in [0, 0.05) is 5.69 Å². The van der Waals surface area contributed by atoms with Gasteiger partial charge in [-0.2, -0.15) is 0 Å². The molecule has 7 nitrogen and oxygen atoms in total. The Bertz CT molecular complexity index is 738. The van der Waals surface area contributed by atoms with Crippen LogP contribution >= 0.6 is 12.2 Å². The number of ether oxygens (including phenoxy) is 2. The van der Waals surface area contributed by atoms with Crippen LogP contribution in [0, 0.1) is 0 Å². The number of rotatable bonds is 7. The van der Waals surface area contributed by atoms with Gasteiger partial charge in [0.2, 0.25) is 0 Å². The maximum absolute atomic E-state index is 12.0. The maximum Gasteiger partial charge on any atom is 0.338 e. The number of carbonyl (C=O) groups excluding carboxylic acids is 2. The Morgan fingerprint density at radius 1 is 1.08 bits per heavy atom. The summed E-state index contributed by atoms with van der Waals surface area (Å²) in [5.74, 6) is -0.339. The first kappa shape index (κ1) is 19.5. The molecular weight excluding hydrogens is 356 g/mol. The fourth-order valence-corrected chi connectivity index (χ4v) is 2.31. The summed E-state index contributed by atoms with van der Waals surface area (Å²) in [7, 11) is 0. The smallest absolute Gasteiger partial charge is 0.338 e. The molecule has 0 aliphatic rings. The molecule has 1 heterocycles. The lowest BCUT2D eigenvalue weighted by Crippen LogP contribution is -2.28. The lowest BCUT2D eigenvalue weighted by atomic mass is 10.1. The van der Waals surface area contributed by atoms with E-state index in [1.807, 2.05) is 6.07 Å². The minimum absolute atomic E-state index is 0.230. The first-order chi connectivity index (χ1) is 12.5. The zero-order chi connectivity index (χ0) is 18.9. The van der Waals surface area contributed by atoms with Gasteiger partial charge in [0.1, 0.15) is 5.76 Å². The molecule has 0 bridgehead atoms. The van der Waals surface area contributed by atoms with Gasteiger partial charge in [-0.15, -0.1) is 0 Å². The molecule has 1 aromatic heterocycles. The van der Waals surface area contributed by atoms with Gasteiger partial charge in [-0.25, -0.2) is 9.59 Å². The minimum Gasteiger partial charge on any atom is -0.467 e. The van der Waals surface area contributed by atoms with Crippen LogP contribution in [0.3, 0.4) is 0 Å². The highest BCUT2D eigenvalue weighted by atomic mass is 32.1. The lowest BCUT2D eigenvalue weighted by Gasteiger charge is -2.12. The monoisotopic (exact) mass is 376 g/mol. The highest BCUT2D eigenvalue weighted by Crippen LogP contribution is 2.17. The van der Waals surface area contributed by atoms with Crippen LogP contribution in [0.2, 0.25) is 0 Å². The first-order valence-electron chi connectivity index (χ1n) is 8.10. The Hall–Kier alpha value is -2.87. The molecule has 0 amide bonds. The van der Waals surface area contributed by atoms with E-state index in [9.17, 15) is 9.59 Å². The van der Waals surface area contributed by atoms with Crippen LogP contribution < -0.4 is 10.6 Å². The van der Waals surface area contributed by atoms with Crippen molar-refractivity contribution in [2.45, 2.75) is 20.4 Å². The standard InChI is InChI=1S/C18H20N2O5S/c1-3-23-16(21)12-8-13(17(22)24-4-2)10-14(9-12)20-18(26)19-11-15-6-5-7-25-15/h5-10H,3-4,11H2,1-2H3,(H2,19,20,26). The topological polar surface area (TPSA) is 89.8 Å². The molecular formula is C18H20N2O5S. The van der Waals surface area contributed by atoms with Gasteiger partial charge >= 0.3 is 11.9 Å². The zero-order valence-electron chi connectivity index (χ0n) is 14.5. The molecule has 0 saturated carbocycles. The third-order valence-corrected chi connectivity index (χ3v) is 3.46. The summed E-state index contributed by atoms with van der Waals surface area (Å²) in [6.07, 6.45) is 1.57. The Morgan fingerprint density at radius 3 is 2.19 bits per heavy atom. The van der Waals surface area contributed by atoms with E-state index >= 15 is 0 Å². The normalized spacial score (nSPS) is 10.1. The van der Waals surface area contributed by atoms with Crippen LogP contribution in [0.5, 0.6) is 0 Å². The summed E-state index contributed by atoms with van der Waals surface area (Å²) in [6.45, 7) is 4.28. The van der Waals surface area contributed by atoms with Gasteiger partial charge in [-0.1, -0.05) is 0 Å². The van der Waals surface area contributed by atoms with E-state index in [1.54, 1.807) is 38.3 Å². The Morgan fingerprint density at radius 2 is 1.69 bits per heavy atom. The number of anilines is 1. The highest BCUT2D eigenvalue weighted by Gasteiger charge is 2.15. The maximum atomic E-state index is 12.0. The SMILES string of the molecule is CCOC(=O)c1cc(NC(=S)NCc2ccco2)cc(C(=O)OCC)c1. The molecule has 2 N–H and O–H groups in total. The summed E-state index contributed by atoms with van der Waals surface area (Å²) in [5, 5.41) is 6.23. The van der Waals surface area contributed by atoms with E-state index in [1.165, 1.54) is 6.07 Å². The second-order valence-electron chi connectivity index (χ2n) is 5.13. The third-order valence-electron chi connectivity index (χ3n) is 3.22. The van der Waals surface area contributed by atoms with E-state index < -0.39 is 11.9 Å². The second kappa shape index (κ2) is 9.57. The Balaban J connectivity index is 2.15. The summed E-state index contributed by atoms with van der Waals surface area (Å²) in [6, 6.07) is 8.14. The molecule has 0 saturated heterocycles. The molecule has 0 atom stereocenters. The van der Waals surface area contributed by atoms with Gasteiger partial charge in [0.05, 0.1) is 37.1 Å². The Kier molecular flexibility index (Phi) is 7.16. The number of carbonyl (C=O) groups is 2. The number of hydrogen-bond donors (Lipinski definition) is 2. The average molecular weight is 376 g/mol. The van der Waals surface area contributed by atoms with Crippen molar-refractivity contribution < 1.29 is 23.5 Å². The quantitative estimate of drug-likeness (QED) is 0.563. The molecule has 0 spiro atoms. The van der Waals surface area contributed by atoms with Crippen molar-refractivity contribution in [2.75, 3.05) is 18.5 Å². The number of thiocarbonyl (C=S) groups is 1. The fraction of sp³-hybridized carbons (Fsp3) is 0.278. The van der Waals surface area contributed by atoms with Crippen LogP contribution in [0.15, 0.2) is 41.0 Å². The van der Waals surface area contributed by atoms with Gasteiger partial charge in [0.15, 0.2) is 5.11 Å². The zero-order valence-corrected chi connectivity index (χ0v) is 15.4. The number of nitrogens with one attached hydrogen (secondary N) is 2. The van der Waals surface area contributed by atoms with E-state index in [0.717, 1.165) is 5.76 Å². The average Bonchev–Trinajstić information content (AvgIpc) is 3.13. The van der Waals surface area contributed by atoms with Crippen molar-refractivity contribution in [3.8, 4) is 0 Å². The summed E-state index contributed by atoms with van der Waals surface area (Å²) >= 11 is 5.23. The molecule has 0 aliphatic carbocycles. The molecule has 2 aromatic rings. The molecule has 1 aromatic carbocycles. The number of benzene rings is 1. The van der Waals surface area contributed by atoms with Gasteiger partial charge in [-0.3, -0.25) is 0 Å². The van der Waals surface area contributed by atoms with E-state index in [0.29, 0.717) is 17.3 Å². The molecule has 0 fully saturated rings. The van der Waals surface area contributed by atoms with Crippen LogP contribution in [-0.4, -0.2) is 30.3 Å². The molecule has 2 rings (SSSR count). The number of hydrogen-bond acceptors (Lipinski definition) is 6. The molecule has 0 unspecified atom stereocenters. The van der Waals surface area contributed by atoms with Gasteiger partial charge in [0.25, 0.3) is 0 Å². The van der Waals surface area contributed by atoms with E-state index in [-0.39, 0.29) is 24.3 Å². The summed E-state index contributed by atoms with van der Waals surface area (Å²) in [5.41, 5.74) is 0.929. The number of furan rings is 1. The van der Waals surface area contributed by atoms with Crippen molar-refractivity contribution in [1.29, 1.82) is 0 Å². The van der Waals surface area contributed by atoms with Crippen molar-refractivity contribution in [2.24, 2.45) is 0 Å². The minimum atomic E-state index is -0.531. The van der Waals surface area contributed by atoms with E-state index in [2.05, 4.69) is 10.6 Å². The molecule has 0 radical (unpaired) electrons. The second-order valence-corrected chi connectivity index (χ2v) is 5.54. The predicted molar refractivity (Wildman–Crippen MR) is 100 cm³/mol. The van der Waals surface area contributed by atoms with Crippen molar-refractivity contribution in [3.63, 3.8) is 0 Å². The molecule has 8 heteroatoms. The molecule has 138 valence electrons. The molecule has 26 heavy (non-hydrogen) atoms. The van der Waals surface area contributed by atoms with E-state index in [4.69, 9.17) is 26.1 Å². The predicted octanol–water partition coefficient (Wildman–Crippen LogP) is 3.12. The highest BCUT2D eigenvalue weighted by molar-refractivity contribution is 7.80. The van der Waals surface area contributed by atoms with Gasteiger partial charge < -0.3 is 24.5 Å². The van der Waals surface area contributed by atoms with Crippen LogP contribution in [0.25, 0.3) is 0 Å². The molecule has 0 aliphatic heterocycles. The lowest BCUT2D eigenvalue weighted by molar-refractivity contribution is 0.0525. The van der Waals surface area contributed by atoms with Crippen LogP contribution in [-0.2, 0) is 16.0 Å². The van der Waals surface area contributed by atoms with Crippen LogP contribution in [0.4, 0.5) is 5.69 Å². The Labute approximate surface area is 156 Å². The number of esters is 2. The largest absolute Gasteiger partial charge is 0.467 e. The van der Waals surface area contributed by atoms with Crippen molar-refractivity contribution in [1.82, 2.24) is 5.32 Å². The first-order valence-corrected chi connectivity index (χ1v) is 8.50. The summed E-state index contributed by atoms with van der Waals surface area (Å²) in [4.78, 5) is 24.1. The van der Waals surface area contributed by atoms with Gasteiger partial charge in [-0.05, 0) is 56.4 Å². The van der Waals surface area contributed by atoms with Crippen molar-refractivity contribution in [3.05, 3.63) is 53.5 Å². The summed E-state index contributed by atoms with van der Waals surface area (Å²) < 4.78 is 15.2. The third kappa shape index (κ3) is 5.59. The van der Waals surface area contributed by atoms with Crippen LogP contribution in [0.1, 0.15) is 40.3 Å².